The number of nitrogens with one attached hydrogen (secondary N) is 2. The van der Waals surface area contributed by atoms with Crippen LogP contribution in [0, 0.1) is 0 Å². The van der Waals surface area contributed by atoms with Gasteiger partial charge in [0.15, 0.2) is 6.61 Å². The predicted octanol–water partition coefficient (Wildman–Crippen LogP) is -0.604. The van der Waals surface area contributed by atoms with Crippen molar-refractivity contribution in [2.24, 2.45) is 0 Å². The van der Waals surface area contributed by atoms with Crippen molar-refractivity contribution in [3.63, 3.8) is 0 Å². The van der Waals surface area contributed by atoms with Crippen LogP contribution in [0.1, 0.15) is 29.8 Å². The quantitative estimate of drug-likeness (QED) is 0.485. The molecule has 2 rings (SSSR count). The van der Waals surface area contributed by atoms with E-state index in [2.05, 4.69) is 10.6 Å². The molecule has 27 heavy (non-hydrogen) atoms. The molecular weight excluding hydrogens is 354 g/mol. The molecule has 0 fully saturated rings. The highest BCUT2D eigenvalue weighted by Crippen LogP contribution is 2.19. The molecule has 0 saturated heterocycles. The largest absolute Gasteiger partial charge is 0.454 e. The van der Waals surface area contributed by atoms with E-state index in [1.54, 1.807) is 31.2 Å². The van der Waals surface area contributed by atoms with Gasteiger partial charge >= 0.3 is 5.97 Å². The third-order valence-corrected chi connectivity index (χ3v) is 3.91. The predicted molar refractivity (Wildman–Crippen MR) is 93.4 cm³/mol. The van der Waals surface area contributed by atoms with Crippen LogP contribution >= 0.6 is 0 Å². The van der Waals surface area contributed by atoms with E-state index in [1.807, 2.05) is 0 Å². The van der Waals surface area contributed by atoms with Gasteiger partial charge in [-0.3, -0.25) is 28.9 Å². The molecule has 0 aromatic heterocycles. The van der Waals surface area contributed by atoms with Crippen molar-refractivity contribution in [1.82, 2.24) is 15.5 Å². The van der Waals surface area contributed by atoms with Crippen molar-refractivity contribution in [1.29, 1.82) is 0 Å². The van der Waals surface area contributed by atoms with Gasteiger partial charge in [0, 0.05) is 12.1 Å². The summed E-state index contributed by atoms with van der Waals surface area (Å²) in [5.41, 5.74) is 0.967. The molecule has 0 aliphatic carbocycles. The second-order valence-electron chi connectivity index (χ2n) is 5.96. The minimum absolute atomic E-state index is 0.0136. The summed E-state index contributed by atoms with van der Waals surface area (Å²) >= 11 is 0. The monoisotopic (exact) mass is 375 g/mol. The molecule has 2 N–H and O–H groups in total. The van der Waals surface area contributed by atoms with Gasteiger partial charge < -0.3 is 15.4 Å². The van der Waals surface area contributed by atoms with Crippen molar-refractivity contribution in [2.45, 2.75) is 26.3 Å². The summed E-state index contributed by atoms with van der Waals surface area (Å²) in [5.74, 6) is -3.00. The van der Waals surface area contributed by atoms with Gasteiger partial charge in [-0.1, -0.05) is 18.2 Å². The number of amides is 4. The van der Waals surface area contributed by atoms with Gasteiger partial charge in [-0.25, -0.2) is 0 Å². The lowest BCUT2D eigenvalue weighted by molar-refractivity contribution is -0.151. The van der Waals surface area contributed by atoms with Gasteiger partial charge in [0.25, 0.3) is 11.8 Å². The number of fused-ring (bicyclic) bond motifs is 1. The van der Waals surface area contributed by atoms with Crippen molar-refractivity contribution in [3.05, 3.63) is 35.4 Å². The Hall–Kier alpha value is -3.23. The molecule has 1 aliphatic rings. The molecule has 9 nitrogen and oxygen atoms in total. The fourth-order valence-electron chi connectivity index (χ4n) is 2.56. The lowest BCUT2D eigenvalue weighted by atomic mass is 9.98. The molecule has 0 saturated carbocycles. The Kier molecular flexibility index (Phi) is 6.64. The lowest BCUT2D eigenvalue weighted by Crippen LogP contribution is -2.47. The average molecular weight is 375 g/mol. The number of ether oxygens (including phenoxy) is 1. The lowest BCUT2D eigenvalue weighted by Gasteiger charge is -2.25. The Labute approximate surface area is 156 Å². The van der Waals surface area contributed by atoms with Crippen molar-refractivity contribution in [3.8, 4) is 0 Å². The Morgan fingerprint density at radius 3 is 2.63 bits per heavy atom. The van der Waals surface area contributed by atoms with Crippen LogP contribution < -0.4 is 10.6 Å². The van der Waals surface area contributed by atoms with Crippen molar-refractivity contribution in [2.75, 3.05) is 19.7 Å². The number of rotatable bonds is 7. The van der Waals surface area contributed by atoms with Gasteiger partial charge in [0.2, 0.25) is 11.8 Å². The standard InChI is InChI=1S/C18H21N3O6/c1-3-19-17(25)11(2)20-14(22)10-27-16(24)9-21-15(23)8-12-6-4-5-7-13(12)18(21)26/h4-7,11H,3,8-10H2,1-2H3,(H,19,25)(H,20,22)/t11-/m0/s1. The van der Waals surface area contributed by atoms with E-state index in [1.165, 1.54) is 6.92 Å². The summed E-state index contributed by atoms with van der Waals surface area (Å²) < 4.78 is 4.80. The maximum atomic E-state index is 12.4. The minimum Gasteiger partial charge on any atom is -0.454 e. The molecule has 4 amide bonds. The molecule has 1 aliphatic heterocycles. The highest BCUT2D eigenvalue weighted by molar-refractivity contribution is 6.11. The van der Waals surface area contributed by atoms with Crippen LogP contribution in [0.5, 0.6) is 0 Å². The van der Waals surface area contributed by atoms with Gasteiger partial charge in [0.05, 0.1) is 6.42 Å². The topological polar surface area (TPSA) is 122 Å². The van der Waals surface area contributed by atoms with E-state index in [4.69, 9.17) is 4.74 Å². The van der Waals surface area contributed by atoms with E-state index in [0.717, 1.165) is 4.90 Å². The fraction of sp³-hybridized carbons (Fsp3) is 0.389. The Balaban J connectivity index is 1.85. The molecule has 1 atom stereocenters. The van der Waals surface area contributed by atoms with Crippen LogP contribution in [0.3, 0.4) is 0 Å². The van der Waals surface area contributed by atoms with E-state index in [-0.39, 0.29) is 12.3 Å². The van der Waals surface area contributed by atoms with Crippen molar-refractivity contribution >= 4 is 29.6 Å². The molecule has 1 aromatic carbocycles. The maximum Gasteiger partial charge on any atom is 0.326 e. The van der Waals surface area contributed by atoms with Crippen LogP contribution in [0.15, 0.2) is 24.3 Å². The number of hydrogen-bond acceptors (Lipinski definition) is 6. The molecule has 0 radical (unpaired) electrons. The van der Waals surface area contributed by atoms with Gasteiger partial charge in [-0.15, -0.1) is 0 Å². The normalized spacial score (nSPS) is 14.2. The summed E-state index contributed by atoms with van der Waals surface area (Å²) in [4.78, 5) is 60.4. The summed E-state index contributed by atoms with van der Waals surface area (Å²) in [6.07, 6.45) is 0.0136. The molecule has 0 unspecified atom stereocenters. The fourth-order valence-corrected chi connectivity index (χ4v) is 2.56. The third kappa shape index (κ3) is 5.13. The molecule has 1 heterocycles. The first-order chi connectivity index (χ1) is 12.8. The van der Waals surface area contributed by atoms with E-state index in [9.17, 15) is 24.0 Å². The van der Waals surface area contributed by atoms with Crippen LogP contribution in [-0.2, 0) is 30.3 Å². The number of imide groups is 1. The molecule has 144 valence electrons. The number of hydrogen-bond donors (Lipinski definition) is 2. The maximum absolute atomic E-state index is 12.4. The second-order valence-corrected chi connectivity index (χ2v) is 5.96. The summed E-state index contributed by atoms with van der Waals surface area (Å²) in [6.45, 7) is 2.47. The number of likely N-dealkylation sites (N-methyl/N-ethyl adjacent to an activating group) is 1. The minimum atomic E-state index is -0.892. The van der Waals surface area contributed by atoms with Gasteiger partial charge in [-0.05, 0) is 25.5 Å². The third-order valence-electron chi connectivity index (χ3n) is 3.91. The van der Waals surface area contributed by atoms with E-state index in [0.29, 0.717) is 17.7 Å². The molecule has 1 aromatic rings. The van der Waals surface area contributed by atoms with Gasteiger partial charge in [-0.2, -0.15) is 0 Å². The van der Waals surface area contributed by atoms with E-state index < -0.39 is 42.9 Å². The first kappa shape index (κ1) is 20.1. The Morgan fingerprint density at radius 1 is 1.22 bits per heavy atom. The first-order valence-electron chi connectivity index (χ1n) is 8.48. The van der Waals surface area contributed by atoms with Crippen LogP contribution in [0.2, 0.25) is 0 Å². The van der Waals surface area contributed by atoms with Gasteiger partial charge in [0.1, 0.15) is 12.6 Å². The zero-order valence-corrected chi connectivity index (χ0v) is 15.1. The number of carbonyl (C=O) groups is 5. The number of nitrogens with zero attached hydrogens (tertiary/aromatic N) is 1. The number of esters is 1. The van der Waals surface area contributed by atoms with Crippen LogP contribution in [-0.4, -0.2) is 60.2 Å². The zero-order chi connectivity index (χ0) is 20.0. The molecule has 0 spiro atoms. The van der Waals surface area contributed by atoms with Crippen molar-refractivity contribution < 1.29 is 28.7 Å². The molecular formula is C18H21N3O6. The summed E-state index contributed by atoms with van der Waals surface area (Å²) in [7, 11) is 0. The number of benzene rings is 1. The summed E-state index contributed by atoms with van der Waals surface area (Å²) in [6, 6.07) is 5.88. The highest BCUT2D eigenvalue weighted by atomic mass is 16.5. The van der Waals surface area contributed by atoms with Crippen LogP contribution in [0.25, 0.3) is 0 Å². The number of carbonyl (C=O) groups excluding carboxylic acids is 5. The van der Waals surface area contributed by atoms with Crippen LogP contribution in [0.4, 0.5) is 0 Å². The Morgan fingerprint density at radius 2 is 1.93 bits per heavy atom. The summed E-state index contributed by atoms with van der Waals surface area (Å²) in [5, 5.41) is 4.92. The zero-order valence-electron chi connectivity index (χ0n) is 15.1. The average Bonchev–Trinajstić information content (AvgIpc) is 2.63. The van der Waals surface area contributed by atoms with E-state index >= 15 is 0 Å². The first-order valence-corrected chi connectivity index (χ1v) is 8.48. The smallest absolute Gasteiger partial charge is 0.326 e. The Bertz CT molecular complexity index is 776. The molecule has 0 bridgehead atoms. The highest BCUT2D eigenvalue weighted by Gasteiger charge is 2.32. The molecule has 9 heteroatoms. The second kappa shape index (κ2) is 8.93. The SMILES string of the molecule is CCNC(=O)[C@H](C)NC(=O)COC(=O)CN1C(=O)Cc2ccccc2C1=O.